The molecule has 0 amide bonds. The molecule has 2 rings (SSSR count). The number of anilines is 2. The Hall–Kier alpha value is -1.21. The molecule has 0 spiro atoms. The van der Waals surface area contributed by atoms with Crippen LogP contribution in [-0.2, 0) is 6.42 Å². The summed E-state index contributed by atoms with van der Waals surface area (Å²) in [6.07, 6.45) is 0.369. The Balaban J connectivity index is 2.32. The molecule has 2 aromatic rings. The van der Waals surface area contributed by atoms with Crippen molar-refractivity contribution in [1.82, 2.24) is 0 Å². The second kappa shape index (κ2) is 5.42. The van der Waals surface area contributed by atoms with E-state index in [1.54, 1.807) is 18.2 Å². The summed E-state index contributed by atoms with van der Waals surface area (Å²) in [5, 5.41) is 16.9. The molecule has 86 valence electrons. The Morgan fingerprint density at radius 3 is 2.59 bits per heavy atom. The van der Waals surface area contributed by atoms with Gasteiger partial charge in [0.05, 0.1) is 33.9 Å². The van der Waals surface area contributed by atoms with E-state index in [0.29, 0.717) is 22.2 Å². The van der Waals surface area contributed by atoms with Gasteiger partial charge in [-0.2, -0.15) is 5.26 Å². The van der Waals surface area contributed by atoms with Gasteiger partial charge < -0.3 is 5.32 Å². The number of nitrogens with zero attached hydrogens (tertiary/aromatic N) is 1. The fraction of sp³-hybridized carbons (Fsp3) is 0.0833. The average molecular weight is 284 g/mol. The third kappa shape index (κ3) is 2.73. The van der Waals surface area contributed by atoms with Crippen LogP contribution in [0.2, 0.25) is 10.0 Å². The highest BCUT2D eigenvalue weighted by atomic mass is 35.5. The molecule has 0 aliphatic carbocycles. The van der Waals surface area contributed by atoms with Crippen LogP contribution in [0.3, 0.4) is 0 Å². The van der Waals surface area contributed by atoms with Gasteiger partial charge in [0, 0.05) is 10.9 Å². The zero-order valence-electron chi connectivity index (χ0n) is 8.71. The Morgan fingerprint density at radius 1 is 1.24 bits per heavy atom. The normalized spacial score (nSPS) is 9.94. The van der Waals surface area contributed by atoms with E-state index in [9.17, 15) is 0 Å². The van der Waals surface area contributed by atoms with Crippen molar-refractivity contribution < 1.29 is 0 Å². The molecule has 0 fully saturated rings. The predicted molar refractivity (Wildman–Crippen MR) is 73.4 cm³/mol. The molecular weight excluding hydrogens is 276 g/mol. The SMILES string of the molecule is N#[13C]Cc1cscc1Nc1c(Cl)cccc1Cl. The highest BCUT2D eigenvalue weighted by molar-refractivity contribution is 7.08. The summed E-state index contributed by atoms with van der Waals surface area (Å²) in [6.45, 7) is 0. The van der Waals surface area contributed by atoms with Crippen LogP contribution in [0.5, 0.6) is 0 Å². The third-order valence-corrected chi connectivity index (χ3v) is 3.66. The van der Waals surface area contributed by atoms with Crippen molar-refractivity contribution in [1.29, 1.82) is 5.26 Å². The van der Waals surface area contributed by atoms with Crippen LogP contribution in [0.1, 0.15) is 5.56 Å². The monoisotopic (exact) mass is 283 g/mol. The zero-order chi connectivity index (χ0) is 12.3. The number of nitriles is 1. The lowest BCUT2D eigenvalue weighted by Crippen LogP contribution is -1.94. The van der Waals surface area contributed by atoms with Gasteiger partial charge in [0.2, 0.25) is 0 Å². The first-order valence-electron chi connectivity index (χ1n) is 4.85. The van der Waals surface area contributed by atoms with E-state index in [0.717, 1.165) is 11.3 Å². The number of hydrogen-bond donors (Lipinski definition) is 1. The first-order chi connectivity index (χ1) is 8.22. The van der Waals surface area contributed by atoms with Crippen molar-refractivity contribution in [3.05, 3.63) is 44.6 Å². The van der Waals surface area contributed by atoms with Gasteiger partial charge >= 0.3 is 0 Å². The minimum atomic E-state index is 0.369. The van der Waals surface area contributed by atoms with Gasteiger partial charge in [0.15, 0.2) is 0 Å². The number of thiophene rings is 1. The fourth-order valence-electron chi connectivity index (χ4n) is 1.41. The zero-order valence-corrected chi connectivity index (χ0v) is 11.0. The lowest BCUT2D eigenvalue weighted by Gasteiger charge is -2.10. The Labute approximate surface area is 113 Å². The molecule has 1 aromatic heterocycles. The Bertz CT molecular complexity index is 552. The molecule has 17 heavy (non-hydrogen) atoms. The molecule has 5 heteroatoms. The topological polar surface area (TPSA) is 35.8 Å². The predicted octanol–water partition coefficient (Wildman–Crippen LogP) is 4.86. The van der Waals surface area contributed by atoms with Crippen LogP contribution >= 0.6 is 34.5 Å². The summed E-state index contributed by atoms with van der Waals surface area (Å²) in [7, 11) is 0. The second-order valence-electron chi connectivity index (χ2n) is 3.37. The summed E-state index contributed by atoms with van der Waals surface area (Å²) < 4.78 is 0. The van der Waals surface area contributed by atoms with E-state index in [1.165, 1.54) is 11.3 Å². The van der Waals surface area contributed by atoms with E-state index in [4.69, 9.17) is 28.5 Å². The maximum Gasteiger partial charge on any atom is 0.0763 e. The molecule has 2 nitrogen and oxygen atoms in total. The largest absolute Gasteiger partial charge is 0.352 e. The number of benzene rings is 1. The summed E-state index contributed by atoms with van der Waals surface area (Å²) in [4.78, 5) is 0. The van der Waals surface area contributed by atoms with Gasteiger partial charge in [-0.25, -0.2) is 0 Å². The molecule has 0 radical (unpaired) electrons. The van der Waals surface area contributed by atoms with E-state index in [2.05, 4.69) is 11.4 Å². The smallest absolute Gasteiger partial charge is 0.0763 e. The Morgan fingerprint density at radius 2 is 1.94 bits per heavy atom. The first-order valence-corrected chi connectivity index (χ1v) is 6.55. The van der Waals surface area contributed by atoms with Gasteiger partial charge in [-0.3, -0.25) is 0 Å². The first kappa shape index (κ1) is 12.3. The highest BCUT2D eigenvalue weighted by Gasteiger charge is 2.09. The summed E-state index contributed by atoms with van der Waals surface area (Å²) >= 11 is 13.7. The van der Waals surface area contributed by atoms with Crippen molar-refractivity contribution in [2.45, 2.75) is 6.42 Å². The summed E-state index contributed by atoms with van der Waals surface area (Å²) in [5.41, 5.74) is 2.51. The van der Waals surface area contributed by atoms with Gasteiger partial charge in [-0.05, 0) is 17.5 Å². The highest BCUT2D eigenvalue weighted by Crippen LogP contribution is 2.34. The van der Waals surface area contributed by atoms with Crippen molar-refractivity contribution in [2.75, 3.05) is 5.32 Å². The molecule has 1 aromatic carbocycles. The molecule has 0 saturated heterocycles. The van der Waals surface area contributed by atoms with Crippen molar-refractivity contribution in [2.24, 2.45) is 0 Å². The number of rotatable bonds is 3. The number of halogens is 2. The van der Waals surface area contributed by atoms with Gasteiger partial charge in [-0.1, -0.05) is 29.3 Å². The molecule has 0 aliphatic rings. The van der Waals surface area contributed by atoms with Crippen molar-refractivity contribution in [3.63, 3.8) is 0 Å². The van der Waals surface area contributed by atoms with Crippen LogP contribution < -0.4 is 5.32 Å². The van der Waals surface area contributed by atoms with E-state index < -0.39 is 0 Å². The standard InChI is InChI=1S/C12H8Cl2N2S/c13-9-2-1-3-10(14)12(9)16-11-7-17-6-8(11)4-5-15/h1-3,6-7,16H,4H2/i5+1. The van der Waals surface area contributed by atoms with Gasteiger partial charge in [0.25, 0.3) is 0 Å². The minimum absolute atomic E-state index is 0.369. The molecule has 1 heterocycles. The lowest BCUT2D eigenvalue weighted by atomic mass is 10.2. The van der Waals surface area contributed by atoms with E-state index in [1.807, 2.05) is 10.8 Å². The summed E-state index contributed by atoms with van der Waals surface area (Å²) in [6, 6.07) is 7.46. The van der Waals surface area contributed by atoms with E-state index in [-0.39, 0.29) is 0 Å². The minimum Gasteiger partial charge on any atom is -0.352 e. The van der Waals surface area contributed by atoms with Crippen LogP contribution in [-0.4, -0.2) is 0 Å². The van der Waals surface area contributed by atoms with Crippen LogP contribution in [0.25, 0.3) is 0 Å². The number of nitrogens with one attached hydrogen (secondary N) is 1. The van der Waals surface area contributed by atoms with Crippen LogP contribution in [0.4, 0.5) is 11.4 Å². The van der Waals surface area contributed by atoms with Crippen molar-refractivity contribution >= 4 is 45.9 Å². The molecule has 0 aliphatic heterocycles. The van der Waals surface area contributed by atoms with Crippen LogP contribution in [0, 0.1) is 11.3 Å². The number of hydrogen-bond acceptors (Lipinski definition) is 3. The van der Waals surface area contributed by atoms with Gasteiger partial charge in [0.1, 0.15) is 0 Å². The molecule has 1 N–H and O–H groups in total. The lowest BCUT2D eigenvalue weighted by molar-refractivity contribution is 1.28. The molecule has 0 saturated carbocycles. The molecule has 0 atom stereocenters. The number of para-hydroxylation sites is 1. The van der Waals surface area contributed by atoms with Crippen molar-refractivity contribution in [3.8, 4) is 6.07 Å². The van der Waals surface area contributed by atoms with E-state index >= 15 is 0 Å². The molecular formula is C12H8Cl2N2S. The molecule has 0 bridgehead atoms. The quantitative estimate of drug-likeness (QED) is 0.816. The Kier molecular flexibility index (Phi) is 3.90. The fourth-order valence-corrected chi connectivity index (χ4v) is 2.69. The summed E-state index contributed by atoms with van der Waals surface area (Å²) in [5.74, 6) is 0. The maximum atomic E-state index is 8.71. The third-order valence-electron chi connectivity index (χ3n) is 2.23. The van der Waals surface area contributed by atoms with Gasteiger partial charge in [-0.15, -0.1) is 11.3 Å². The van der Waals surface area contributed by atoms with Crippen LogP contribution in [0.15, 0.2) is 29.0 Å². The second-order valence-corrected chi connectivity index (χ2v) is 4.93. The molecule has 0 unspecified atom stereocenters. The maximum absolute atomic E-state index is 8.71. The average Bonchev–Trinajstić information content (AvgIpc) is 2.72.